The third-order valence-corrected chi connectivity index (χ3v) is 5.38. The van der Waals surface area contributed by atoms with Gasteiger partial charge in [0.25, 0.3) is 0 Å². The summed E-state index contributed by atoms with van der Waals surface area (Å²) in [5.41, 5.74) is -0.430. The number of piperidine rings is 1. The van der Waals surface area contributed by atoms with Gasteiger partial charge in [-0.1, -0.05) is 12.1 Å². The van der Waals surface area contributed by atoms with E-state index in [1.165, 1.54) is 0 Å². The minimum absolute atomic E-state index is 0.121. The Kier molecular flexibility index (Phi) is 5.83. The predicted molar refractivity (Wildman–Crippen MR) is 92.5 cm³/mol. The molecule has 8 heteroatoms. The quantitative estimate of drug-likeness (QED) is 0.372. The zero-order valence-corrected chi connectivity index (χ0v) is 14.5. The number of aliphatic hydroxyl groups excluding tert-OH is 5. The molecular weight excluding hydrogens is 342 g/mol. The zero-order valence-electron chi connectivity index (χ0n) is 14.5. The van der Waals surface area contributed by atoms with Crippen molar-refractivity contribution in [1.82, 2.24) is 0 Å². The number of hydrogen-bond donors (Lipinski definition) is 6. The summed E-state index contributed by atoms with van der Waals surface area (Å²) in [6.07, 6.45) is -4.98. The number of benzene rings is 1. The third kappa shape index (κ3) is 3.72. The van der Waals surface area contributed by atoms with Gasteiger partial charge in [-0.25, -0.2) is 0 Å². The Hall–Kier alpha value is -1.26. The van der Waals surface area contributed by atoms with Gasteiger partial charge in [-0.2, -0.15) is 0 Å². The summed E-state index contributed by atoms with van der Waals surface area (Å²) < 4.78 is 5.05. The lowest BCUT2D eigenvalue weighted by molar-refractivity contribution is -0.328. The Bertz CT molecular complexity index is 590. The first-order valence-electron chi connectivity index (χ1n) is 8.90. The highest BCUT2D eigenvalue weighted by Gasteiger charge is 2.54. The van der Waals surface area contributed by atoms with E-state index in [-0.39, 0.29) is 12.5 Å². The second-order valence-electron chi connectivity index (χ2n) is 7.20. The summed E-state index contributed by atoms with van der Waals surface area (Å²) in [5, 5.41) is 59.7. The van der Waals surface area contributed by atoms with Crippen molar-refractivity contribution in [3.63, 3.8) is 0 Å². The average molecular weight is 369 g/mol. The van der Waals surface area contributed by atoms with Crippen molar-refractivity contribution in [3.05, 3.63) is 29.8 Å². The molecule has 8 nitrogen and oxygen atoms in total. The maximum atomic E-state index is 10.7. The van der Waals surface area contributed by atoms with E-state index in [4.69, 9.17) is 9.84 Å². The lowest BCUT2D eigenvalue weighted by atomic mass is 9.82. The van der Waals surface area contributed by atoms with Crippen molar-refractivity contribution in [2.75, 3.05) is 24.6 Å². The van der Waals surface area contributed by atoms with Crippen LogP contribution in [0.1, 0.15) is 18.4 Å². The standard InChI is InChI=1S/C18H27NO7/c20-10-14-15(22)16(23)18(25,17(24)26-14)9-11-1-3-12(4-2-11)19-7-5-13(21)6-8-19/h1-4,13-17,20-25H,5-10H2/t14-,15-,16+,17+,18-/m1/s1. The van der Waals surface area contributed by atoms with Crippen LogP contribution < -0.4 is 4.90 Å². The minimum atomic E-state index is -2.08. The molecule has 3 rings (SSSR count). The molecular formula is C18H27NO7. The number of rotatable bonds is 4. The van der Waals surface area contributed by atoms with Gasteiger partial charge < -0.3 is 40.3 Å². The molecule has 1 aromatic rings. The van der Waals surface area contributed by atoms with Gasteiger partial charge >= 0.3 is 0 Å². The van der Waals surface area contributed by atoms with Crippen molar-refractivity contribution < 1.29 is 35.4 Å². The molecule has 0 aliphatic carbocycles. The second kappa shape index (κ2) is 7.77. The van der Waals surface area contributed by atoms with Crippen molar-refractivity contribution in [2.45, 2.75) is 55.6 Å². The maximum Gasteiger partial charge on any atom is 0.187 e. The Morgan fingerprint density at radius 2 is 1.65 bits per heavy atom. The highest BCUT2D eigenvalue weighted by Crippen LogP contribution is 2.32. The van der Waals surface area contributed by atoms with Crippen LogP contribution in [0.5, 0.6) is 0 Å². The van der Waals surface area contributed by atoms with E-state index >= 15 is 0 Å². The fraction of sp³-hybridized carbons (Fsp3) is 0.667. The summed E-state index contributed by atoms with van der Waals surface area (Å²) >= 11 is 0. The van der Waals surface area contributed by atoms with Crippen LogP contribution in [0.4, 0.5) is 5.69 Å². The van der Waals surface area contributed by atoms with E-state index in [1.54, 1.807) is 12.1 Å². The van der Waals surface area contributed by atoms with Crippen LogP contribution in [0.3, 0.4) is 0 Å². The molecule has 6 N–H and O–H groups in total. The van der Waals surface area contributed by atoms with E-state index in [2.05, 4.69) is 4.90 Å². The van der Waals surface area contributed by atoms with Crippen LogP contribution in [0.25, 0.3) is 0 Å². The lowest BCUT2D eigenvalue weighted by Crippen LogP contribution is -2.67. The fourth-order valence-electron chi connectivity index (χ4n) is 3.63. The third-order valence-electron chi connectivity index (χ3n) is 5.38. The van der Waals surface area contributed by atoms with Gasteiger partial charge in [-0.05, 0) is 30.5 Å². The molecule has 2 aliphatic rings. The Morgan fingerprint density at radius 3 is 2.23 bits per heavy atom. The molecule has 5 atom stereocenters. The Morgan fingerprint density at radius 1 is 1.04 bits per heavy atom. The molecule has 2 aliphatic heterocycles. The minimum Gasteiger partial charge on any atom is -0.394 e. The summed E-state index contributed by atoms with van der Waals surface area (Å²) in [5.74, 6) is 0. The van der Waals surface area contributed by atoms with Crippen molar-refractivity contribution in [3.8, 4) is 0 Å². The molecule has 0 radical (unpaired) electrons. The molecule has 146 valence electrons. The van der Waals surface area contributed by atoms with Gasteiger partial charge in [0.2, 0.25) is 0 Å². The van der Waals surface area contributed by atoms with Crippen molar-refractivity contribution in [2.24, 2.45) is 0 Å². The lowest BCUT2D eigenvalue weighted by Gasteiger charge is -2.46. The second-order valence-corrected chi connectivity index (χ2v) is 7.20. The zero-order chi connectivity index (χ0) is 18.9. The van der Waals surface area contributed by atoms with E-state index in [0.717, 1.165) is 31.6 Å². The topological polar surface area (TPSA) is 134 Å². The SMILES string of the molecule is OC[C@H]1O[C@H](O)[C@@](O)(Cc2ccc(N3CCC(O)CC3)cc2)[C@@H](O)[C@@H]1O. The van der Waals surface area contributed by atoms with Gasteiger partial charge in [0, 0.05) is 25.2 Å². The van der Waals surface area contributed by atoms with Crippen molar-refractivity contribution in [1.29, 1.82) is 0 Å². The Balaban J connectivity index is 1.70. The molecule has 2 saturated heterocycles. The predicted octanol–water partition coefficient (Wildman–Crippen LogP) is -1.65. The largest absolute Gasteiger partial charge is 0.394 e. The average Bonchev–Trinajstić information content (AvgIpc) is 2.65. The molecule has 0 bridgehead atoms. The number of anilines is 1. The highest BCUT2D eigenvalue weighted by molar-refractivity contribution is 5.48. The van der Waals surface area contributed by atoms with Crippen LogP contribution in [0.2, 0.25) is 0 Å². The van der Waals surface area contributed by atoms with Gasteiger partial charge in [-0.3, -0.25) is 0 Å². The monoisotopic (exact) mass is 369 g/mol. The highest BCUT2D eigenvalue weighted by atomic mass is 16.6. The van der Waals surface area contributed by atoms with Gasteiger partial charge in [0.15, 0.2) is 6.29 Å². The molecule has 2 fully saturated rings. The summed E-state index contributed by atoms with van der Waals surface area (Å²) in [7, 11) is 0. The van der Waals surface area contributed by atoms with Gasteiger partial charge in [-0.15, -0.1) is 0 Å². The molecule has 1 aromatic carbocycles. The number of nitrogens with zero attached hydrogens (tertiary/aromatic N) is 1. The first kappa shape index (κ1) is 19.5. The summed E-state index contributed by atoms with van der Waals surface area (Å²) in [6.45, 7) is 0.958. The first-order valence-corrected chi connectivity index (χ1v) is 8.90. The number of ether oxygens (including phenoxy) is 1. The molecule has 0 aromatic heterocycles. The number of hydrogen-bond acceptors (Lipinski definition) is 8. The number of aliphatic hydroxyl groups is 6. The maximum absolute atomic E-state index is 10.7. The molecule has 2 heterocycles. The summed E-state index contributed by atoms with van der Waals surface area (Å²) in [4.78, 5) is 2.16. The van der Waals surface area contributed by atoms with Crippen LogP contribution in [-0.4, -0.2) is 86.6 Å². The normalized spacial score (nSPS) is 36.3. The fourth-order valence-corrected chi connectivity index (χ4v) is 3.63. The smallest absolute Gasteiger partial charge is 0.187 e. The van der Waals surface area contributed by atoms with Gasteiger partial charge in [0.1, 0.15) is 23.9 Å². The first-order chi connectivity index (χ1) is 12.3. The van der Waals surface area contributed by atoms with Crippen LogP contribution in [-0.2, 0) is 11.2 Å². The van der Waals surface area contributed by atoms with Crippen LogP contribution in [0.15, 0.2) is 24.3 Å². The van der Waals surface area contributed by atoms with Crippen LogP contribution in [0, 0.1) is 0 Å². The molecule has 0 amide bonds. The molecule has 0 spiro atoms. The summed E-state index contributed by atoms with van der Waals surface area (Å²) in [6, 6.07) is 7.32. The molecule has 0 unspecified atom stereocenters. The van der Waals surface area contributed by atoms with Crippen molar-refractivity contribution >= 4 is 5.69 Å². The van der Waals surface area contributed by atoms with E-state index in [9.17, 15) is 25.5 Å². The van der Waals surface area contributed by atoms with E-state index in [0.29, 0.717) is 5.56 Å². The van der Waals surface area contributed by atoms with E-state index < -0.39 is 36.8 Å². The molecule has 0 saturated carbocycles. The van der Waals surface area contributed by atoms with Crippen LogP contribution >= 0.6 is 0 Å². The van der Waals surface area contributed by atoms with Gasteiger partial charge in [0.05, 0.1) is 12.7 Å². The molecule has 26 heavy (non-hydrogen) atoms. The Labute approximate surface area is 151 Å². The van der Waals surface area contributed by atoms with E-state index in [1.807, 2.05) is 12.1 Å².